The van der Waals surface area contributed by atoms with Gasteiger partial charge in [0.25, 0.3) is 5.56 Å². The maximum atomic E-state index is 12.1. The van der Waals surface area contributed by atoms with Crippen molar-refractivity contribution in [3.05, 3.63) is 32.5 Å². The third kappa shape index (κ3) is 1.80. The average molecular weight is 289 g/mol. The SMILES string of the molecule is Cc1nc2c(c(-c3ncc([N+](=O)[O-])n3C)nn2C)c(=O)[nH]1. The van der Waals surface area contributed by atoms with Gasteiger partial charge in [-0.1, -0.05) is 0 Å². The summed E-state index contributed by atoms with van der Waals surface area (Å²) in [4.78, 5) is 33.3. The summed E-state index contributed by atoms with van der Waals surface area (Å²) in [7, 11) is 3.14. The minimum atomic E-state index is -0.547. The normalized spacial score (nSPS) is 11.2. The number of aryl methyl sites for hydroxylation is 2. The Hall–Kier alpha value is -3.04. The van der Waals surface area contributed by atoms with Gasteiger partial charge in [-0.3, -0.25) is 4.79 Å². The van der Waals surface area contributed by atoms with Crippen LogP contribution in [0.2, 0.25) is 0 Å². The second kappa shape index (κ2) is 4.23. The Morgan fingerprint density at radius 3 is 2.71 bits per heavy atom. The number of H-pyrrole nitrogens is 1. The molecule has 0 fully saturated rings. The molecule has 0 saturated carbocycles. The molecule has 3 aromatic rings. The molecule has 3 aromatic heterocycles. The van der Waals surface area contributed by atoms with Crippen molar-refractivity contribution in [1.29, 1.82) is 0 Å². The third-order valence-corrected chi connectivity index (χ3v) is 3.17. The number of fused-ring (bicyclic) bond motifs is 1. The van der Waals surface area contributed by atoms with Crippen molar-refractivity contribution in [2.75, 3.05) is 0 Å². The molecule has 3 heterocycles. The lowest BCUT2D eigenvalue weighted by Gasteiger charge is -1.96. The van der Waals surface area contributed by atoms with Crippen LogP contribution in [-0.4, -0.2) is 34.2 Å². The zero-order chi connectivity index (χ0) is 15.3. The van der Waals surface area contributed by atoms with E-state index in [0.29, 0.717) is 11.5 Å². The molecule has 0 aliphatic heterocycles. The fraction of sp³-hybridized carbons (Fsp3) is 0.273. The first-order valence-electron chi connectivity index (χ1n) is 6.00. The van der Waals surface area contributed by atoms with Gasteiger partial charge in [-0.2, -0.15) is 5.10 Å². The van der Waals surface area contributed by atoms with E-state index in [-0.39, 0.29) is 28.3 Å². The topological polar surface area (TPSA) is 125 Å². The highest BCUT2D eigenvalue weighted by atomic mass is 16.6. The number of hydrogen-bond donors (Lipinski definition) is 1. The fourth-order valence-electron chi connectivity index (χ4n) is 2.21. The van der Waals surface area contributed by atoms with E-state index in [9.17, 15) is 14.9 Å². The van der Waals surface area contributed by atoms with Crippen LogP contribution in [0.3, 0.4) is 0 Å². The van der Waals surface area contributed by atoms with Gasteiger partial charge in [-0.25, -0.2) is 19.2 Å². The van der Waals surface area contributed by atoms with Crippen molar-refractivity contribution < 1.29 is 4.92 Å². The van der Waals surface area contributed by atoms with Crippen LogP contribution >= 0.6 is 0 Å². The number of rotatable bonds is 2. The molecule has 0 radical (unpaired) electrons. The second-order valence-corrected chi connectivity index (χ2v) is 4.58. The van der Waals surface area contributed by atoms with Crippen LogP contribution < -0.4 is 5.56 Å². The minimum Gasteiger partial charge on any atom is -0.358 e. The van der Waals surface area contributed by atoms with Gasteiger partial charge in [0, 0.05) is 7.05 Å². The summed E-state index contributed by atoms with van der Waals surface area (Å²) in [5, 5.41) is 15.4. The largest absolute Gasteiger partial charge is 0.358 e. The van der Waals surface area contributed by atoms with Gasteiger partial charge in [-0.05, 0) is 11.8 Å². The Balaban J connectivity index is 2.37. The van der Waals surface area contributed by atoms with E-state index in [1.807, 2.05) is 0 Å². The summed E-state index contributed by atoms with van der Waals surface area (Å²) in [5.41, 5.74) is 0.306. The van der Waals surface area contributed by atoms with Crippen LogP contribution in [0, 0.1) is 17.0 Å². The third-order valence-electron chi connectivity index (χ3n) is 3.17. The number of aromatic amines is 1. The summed E-state index contributed by atoms with van der Waals surface area (Å²) in [6.07, 6.45) is 1.13. The second-order valence-electron chi connectivity index (χ2n) is 4.58. The van der Waals surface area contributed by atoms with Crippen LogP contribution in [0.5, 0.6) is 0 Å². The first-order chi connectivity index (χ1) is 9.90. The summed E-state index contributed by atoms with van der Waals surface area (Å²) in [6.45, 7) is 1.67. The smallest absolute Gasteiger partial charge is 0.342 e. The predicted octanol–water partition coefficient (Wildman–Crippen LogP) is 0.274. The molecule has 0 aromatic carbocycles. The van der Waals surface area contributed by atoms with Gasteiger partial charge in [0.2, 0.25) is 5.82 Å². The van der Waals surface area contributed by atoms with E-state index in [1.165, 1.54) is 16.3 Å². The predicted molar refractivity (Wildman–Crippen MR) is 72.7 cm³/mol. The van der Waals surface area contributed by atoms with E-state index in [2.05, 4.69) is 20.1 Å². The lowest BCUT2D eigenvalue weighted by Crippen LogP contribution is -2.10. The molecule has 0 saturated heterocycles. The number of imidazole rings is 1. The number of hydrogen-bond acceptors (Lipinski definition) is 6. The quantitative estimate of drug-likeness (QED) is 0.533. The molecule has 0 bridgehead atoms. The van der Waals surface area contributed by atoms with Gasteiger partial charge >= 0.3 is 5.82 Å². The Morgan fingerprint density at radius 1 is 1.38 bits per heavy atom. The molecule has 0 atom stereocenters. The maximum absolute atomic E-state index is 12.1. The van der Waals surface area contributed by atoms with E-state index >= 15 is 0 Å². The molecule has 0 aliphatic carbocycles. The Morgan fingerprint density at radius 2 is 2.10 bits per heavy atom. The molecular weight excluding hydrogens is 278 g/mol. The first kappa shape index (κ1) is 13.0. The van der Waals surface area contributed by atoms with E-state index in [4.69, 9.17) is 0 Å². The van der Waals surface area contributed by atoms with Gasteiger partial charge in [0.15, 0.2) is 11.3 Å². The number of nitrogens with zero attached hydrogens (tertiary/aromatic N) is 6. The fourth-order valence-corrected chi connectivity index (χ4v) is 2.21. The zero-order valence-corrected chi connectivity index (χ0v) is 11.5. The average Bonchev–Trinajstić information content (AvgIpc) is 2.91. The molecule has 0 aliphatic rings. The summed E-state index contributed by atoms with van der Waals surface area (Å²) in [5.74, 6) is 0.525. The molecular formula is C11H11N7O3. The van der Waals surface area contributed by atoms with Crippen molar-refractivity contribution in [3.8, 4) is 11.5 Å². The Bertz CT molecular complexity index is 933. The van der Waals surface area contributed by atoms with Gasteiger partial charge in [-0.15, -0.1) is 0 Å². The van der Waals surface area contributed by atoms with Crippen LogP contribution in [0.1, 0.15) is 5.82 Å². The summed E-state index contributed by atoms with van der Waals surface area (Å²) in [6, 6.07) is 0. The van der Waals surface area contributed by atoms with Crippen molar-refractivity contribution in [3.63, 3.8) is 0 Å². The first-order valence-corrected chi connectivity index (χ1v) is 6.00. The van der Waals surface area contributed by atoms with Crippen molar-refractivity contribution >= 4 is 16.9 Å². The van der Waals surface area contributed by atoms with Crippen LogP contribution in [0.15, 0.2) is 11.0 Å². The molecule has 1 N–H and O–H groups in total. The maximum Gasteiger partial charge on any atom is 0.342 e. The highest BCUT2D eigenvalue weighted by Crippen LogP contribution is 2.25. The van der Waals surface area contributed by atoms with Crippen molar-refractivity contribution in [2.45, 2.75) is 6.92 Å². The molecule has 21 heavy (non-hydrogen) atoms. The molecule has 0 amide bonds. The molecule has 0 spiro atoms. The molecule has 108 valence electrons. The van der Waals surface area contributed by atoms with E-state index < -0.39 is 4.92 Å². The van der Waals surface area contributed by atoms with Crippen LogP contribution in [-0.2, 0) is 14.1 Å². The van der Waals surface area contributed by atoms with E-state index in [0.717, 1.165) is 6.20 Å². The van der Waals surface area contributed by atoms with Gasteiger partial charge < -0.3 is 15.1 Å². The van der Waals surface area contributed by atoms with Gasteiger partial charge in [0.1, 0.15) is 17.4 Å². The van der Waals surface area contributed by atoms with Crippen molar-refractivity contribution in [2.24, 2.45) is 14.1 Å². The van der Waals surface area contributed by atoms with Crippen LogP contribution in [0.4, 0.5) is 5.82 Å². The zero-order valence-electron chi connectivity index (χ0n) is 11.5. The van der Waals surface area contributed by atoms with E-state index in [1.54, 1.807) is 14.0 Å². The number of nitro groups is 1. The molecule has 10 nitrogen and oxygen atoms in total. The molecule has 3 rings (SSSR count). The summed E-state index contributed by atoms with van der Waals surface area (Å²) < 4.78 is 2.73. The number of aromatic nitrogens is 6. The molecule has 0 unspecified atom stereocenters. The number of nitrogens with one attached hydrogen (secondary N) is 1. The van der Waals surface area contributed by atoms with Gasteiger partial charge in [0.05, 0.1) is 7.05 Å². The monoisotopic (exact) mass is 289 g/mol. The minimum absolute atomic E-state index is 0.180. The lowest BCUT2D eigenvalue weighted by atomic mass is 10.3. The highest BCUT2D eigenvalue weighted by Gasteiger charge is 2.25. The molecule has 10 heteroatoms. The standard InChI is InChI=1S/C11H11N7O3/c1-5-13-9-7(11(19)14-5)8(15-17(9)3)10-12-4-6(16(10)2)18(20)21/h4H,1-3H3,(H,13,14,19). The highest BCUT2D eigenvalue weighted by molar-refractivity contribution is 5.88. The summed E-state index contributed by atoms with van der Waals surface area (Å²) >= 11 is 0. The lowest BCUT2D eigenvalue weighted by molar-refractivity contribution is -0.391. The Labute approximate surface area is 117 Å². The van der Waals surface area contributed by atoms with Crippen LogP contribution in [0.25, 0.3) is 22.6 Å². The Kier molecular flexibility index (Phi) is 2.61. The van der Waals surface area contributed by atoms with Crippen molar-refractivity contribution in [1.82, 2.24) is 29.3 Å².